The zero-order valence-electron chi connectivity index (χ0n) is 15.5. The highest BCUT2D eigenvalue weighted by molar-refractivity contribution is 5.76. The summed E-state index contributed by atoms with van der Waals surface area (Å²) in [5.74, 6) is 1.39. The standard InChI is InChI=1S/C19H27N3O3/c1-13(2)17-5-8-22(20-17)19(18(23)24)6-9-21(10-7-19)12-16-11-14(3)15(4)25-16/h5,8,11,13H,6-7,9-10,12H2,1-4H3,(H,23,24). The van der Waals surface area contributed by atoms with Crippen LogP contribution in [-0.2, 0) is 16.9 Å². The van der Waals surface area contributed by atoms with E-state index in [0.29, 0.717) is 25.9 Å². The average Bonchev–Trinajstić information content (AvgIpc) is 3.16. The van der Waals surface area contributed by atoms with Crippen molar-refractivity contribution in [1.82, 2.24) is 14.7 Å². The largest absolute Gasteiger partial charge is 0.479 e. The van der Waals surface area contributed by atoms with E-state index in [-0.39, 0.29) is 5.92 Å². The number of aliphatic carboxylic acids is 1. The van der Waals surface area contributed by atoms with Gasteiger partial charge in [-0.2, -0.15) is 5.10 Å². The van der Waals surface area contributed by atoms with Gasteiger partial charge in [-0.15, -0.1) is 0 Å². The lowest BCUT2D eigenvalue weighted by molar-refractivity contribution is -0.151. The second-order valence-corrected chi connectivity index (χ2v) is 7.40. The van der Waals surface area contributed by atoms with E-state index in [0.717, 1.165) is 29.3 Å². The van der Waals surface area contributed by atoms with Crippen LogP contribution in [0.1, 0.15) is 55.4 Å². The number of carboxylic acid groups (broad SMARTS) is 1. The van der Waals surface area contributed by atoms with Gasteiger partial charge in [0.05, 0.1) is 12.2 Å². The molecule has 0 aliphatic carbocycles. The summed E-state index contributed by atoms with van der Waals surface area (Å²) in [4.78, 5) is 14.3. The minimum absolute atomic E-state index is 0.289. The quantitative estimate of drug-likeness (QED) is 0.900. The fourth-order valence-electron chi connectivity index (χ4n) is 3.45. The third-order valence-corrected chi connectivity index (χ3v) is 5.32. The topological polar surface area (TPSA) is 71.5 Å². The van der Waals surface area contributed by atoms with Gasteiger partial charge in [0, 0.05) is 19.3 Å². The molecule has 1 aliphatic rings. The molecule has 1 saturated heterocycles. The van der Waals surface area contributed by atoms with Gasteiger partial charge in [-0.1, -0.05) is 13.8 Å². The average molecular weight is 345 g/mol. The van der Waals surface area contributed by atoms with E-state index in [1.165, 1.54) is 0 Å². The number of carbonyl (C=O) groups is 1. The normalized spacial score (nSPS) is 18.0. The molecule has 0 saturated carbocycles. The molecule has 1 N–H and O–H groups in total. The van der Waals surface area contributed by atoms with Gasteiger partial charge in [0.25, 0.3) is 0 Å². The molecule has 6 heteroatoms. The van der Waals surface area contributed by atoms with Crippen molar-refractivity contribution in [1.29, 1.82) is 0 Å². The Balaban J connectivity index is 1.73. The molecule has 25 heavy (non-hydrogen) atoms. The van der Waals surface area contributed by atoms with Gasteiger partial charge in [-0.05, 0) is 50.3 Å². The Morgan fingerprint density at radius 2 is 2.04 bits per heavy atom. The highest BCUT2D eigenvalue weighted by Gasteiger charge is 2.44. The molecule has 6 nitrogen and oxygen atoms in total. The van der Waals surface area contributed by atoms with Gasteiger partial charge in [0.2, 0.25) is 0 Å². The Bertz CT molecular complexity index is 732. The van der Waals surface area contributed by atoms with E-state index >= 15 is 0 Å². The summed E-state index contributed by atoms with van der Waals surface area (Å²) < 4.78 is 7.43. The summed E-state index contributed by atoms with van der Waals surface area (Å²) >= 11 is 0. The van der Waals surface area contributed by atoms with E-state index in [9.17, 15) is 9.90 Å². The molecule has 3 heterocycles. The summed E-state index contributed by atoms with van der Waals surface area (Å²) in [7, 11) is 0. The second-order valence-electron chi connectivity index (χ2n) is 7.40. The lowest BCUT2D eigenvalue weighted by Crippen LogP contribution is -2.51. The number of likely N-dealkylation sites (tertiary alicyclic amines) is 1. The number of hydrogen-bond donors (Lipinski definition) is 1. The van der Waals surface area contributed by atoms with Crippen LogP contribution in [0, 0.1) is 13.8 Å². The Kier molecular flexibility index (Phi) is 4.73. The zero-order valence-corrected chi connectivity index (χ0v) is 15.5. The van der Waals surface area contributed by atoms with Gasteiger partial charge in [0.1, 0.15) is 11.5 Å². The maximum absolute atomic E-state index is 12.1. The fourth-order valence-corrected chi connectivity index (χ4v) is 3.45. The molecule has 0 unspecified atom stereocenters. The van der Waals surface area contributed by atoms with Crippen molar-refractivity contribution in [3.05, 3.63) is 41.1 Å². The van der Waals surface area contributed by atoms with Crippen LogP contribution in [0.15, 0.2) is 22.7 Å². The number of piperidine rings is 1. The number of carboxylic acids is 1. The van der Waals surface area contributed by atoms with Crippen LogP contribution >= 0.6 is 0 Å². The maximum Gasteiger partial charge on any atom is 0.331 e. The van der Waals surface area contributed by atoms with Crippen LogP contribution in [0.5, 0.6) is 0 Å². The Morgan fingerprint density at radius 1 is 1.36 bits per heavy atom. The molecule has 0 aromatic carbocycles. The lowest BCUT2D eigenvalue weighted by atomic mass is 9.87. The summed E-state index contributed by atoms with van der Waals surface area (Å²) in [6, 6.07) is 3.99. The van der Waals surface area contributed by atoms with Crippen molar-refractivity contribution >= 4 is 5.97 Å². The first-order valence-corrected chi connectivity index (χ1v) is 8.89. The molecule has 2 aromatic rings. The predicted molar refractivity (Wildman–Crippen MR) is 94.6 cm³/mol. The Hall–Kier alpha value is -2.08. The third-order valence-electron chi connectivity index (χ3n) is 5.32. The first-order valence-electron chi connectivity index (χ1n) is 8.89. The molecule has 0 spiro atoms. The zero-order chi connectivity index (χ0) is 18.2. The van der Waals surface area contributed by atoms with E-state index in [1.54, 1.807) is 4.68 Å². The van der Waals surface area contributed by atoms with Crippen molar-refractivity contribution in [2.75, 3.05) is 13.1 Å². The summed E-state index contributed by atoms with van der Waals surface area (Å²) in [5, 5.41) is 14.5. The molecule has 1 fully saturated rings. The van der Waals surface area contributed by atoms with E-state index in [2.05, 4.69) is 29.9 Å². The van der Waals surface area contributed by atoms with Gasteiger partial charge < -0.3 is 9.52 Å². The molecule has 0 radical (unpaired) electrons. The summed E-state index contributed by atoms with van der Waals surface area (Å²) in [5.41, 5.74) is 1.15. The number of aryl methyl sites for hydroxylation is 2. The van der Waals surface area contributed by atoms with Crippen molar-refractivity contribution in [2.45, 2.75) is 58.5 Å². The van der Waals surface area contributed by atoms with Crippen LogP contribution in [0.25, 0.3) is 0 Å². The monoisotopic (exact) mass is 345 g/mol. The van der Waals surface area contributed by atoms with E-state index < -0.39 is 11.5 Å². The van der Waals surface area contributed by atoms with Gasteiger partial charge in [-0.3, -0.25) is 9.58 Å². The fraction of sp³-hybridized carbons (Fsp3) is 0.579. The molecule has 0 atom stereocenters. The molecule has 1 aliphatic heterocycles. The second kappa shape index (κ2) is 6.67. The Labute approximate surface area is 148 Å². The lowest BCUT2D eigenvalue weighted by Gasteiger charge is -2.38. The number of rotatable bonds is 5. The van der Waals surface area contributed by atoms with Crippen LogP contribution in [0.3, 0.4) is 0 Å². The summed E-state index contributed by atoms with van der Waals surface area (Å²) in [6.07, 6.45) is 2.90. The molecule has 3 rings (SSSR count). The predicted octanol–water partition coefficient (Wildman–Crippen LogP) is 3.29. The SMILES string of the molecule is Cc1cc(CN2CCC(C(=O)O)(n3ccc(C(C)C)n3)CC2)oc1C. The van der Waals surface area contributed by atoms with Gasteiger partial charge >= 0.3 is 5.97 Å². The minimum Gasteiger partial charge on any atom is -0.479 e. The van der Waals surface area contributed by atoms with E-state index in [1.807, 2.05) is 26.1 Å². The van der Waals surface area contributed by atoms with Crippen LogP contribution < -0.4 is 0 Å². The number of furan rings is 1. The minimum atomic E-state index is -0.946. The van der Waals surface area contributed by atoms with Crippen LogP contribution in [0.2, 0.25) is 0 Å². The smallest absolute Gasteiger partial charge is 0.331 e. The van der Waals surface area contributed by atoms with Crippen LogP contribution in [0.4, 0.5) is 0 Å². The number of nitrogens with zero attached hydrogens (tertiary/aromatic N) is 3. The Morgan fingerprint density at radius 3 is 2.52 bits per heavy atom. The summed E-state index contributed by atoms with van der Waals surface area (Å²) in [6.45, 7) is 10.3. The van der Waals surface area contributed by atoms with Crippen molar-refractivity contribution in [3.8, 4) is 0 Å². The third kappa shape index (κ3) is 3.35. The first kappa shape index (κ1) is 17.7. The molecule has 136 valence electrons. The molecular weight excluding hydrogens is 318 g/mol. The van der Waals surface area contributed by atoms with Crippen LogP contribution in [-0.4, -0.2) is 38.8 Å². The highest BCUT2D eigenvalue weighted by atomic mass is 16.4. The van der Waals surface area contributed by atoms with Crippen molar-refractivity contribution in [3.63, 3.8) is 0 Å². The maximum atomic E-state index is 12.1. The van der Waals surface area contributed by atoms with E-state index in [4.69, 9.17) is 4.42 Å². The number of hydrogen-bond acceptors (Lipinski definition) is 4. The molecule has 0 amide bonds. The van der Waals surface area contributed by atoms with Gasteiger partial charge in [-0.25, -0.2) is 4.79 Å². The van der Waals surface area contributed by atoms with Crippen molar-refractivity contribution < 1.29 is 14.3 Å². The highest BCUT2D eigenvalue weighted by Crippen LogP contribution is 2.32. The first-order chi connectivity index (χ1) is 11.8. The van der Waals surface area contributed by atoms with Crippen molar-refractivity contribution in [2.24, 2.45) is 0 Å². The van der Waals surface area contributed by atoms with Gasteiger partial charge in [0.15, 0.2) is 5.54 Å². The molecule has 2 aromatic heterocycles. The molecule has 0 bridgehead atoms. The number of aromatic nitrogens is 2. The molecular formula is C19H27N3O3.